The lowest BCUT2D eigenvalue weighted by atomic mass is 10.2. The molecule has 0 saturated heterocycles. The van der Waals surface area contributed by atoms with Gasteiger partial charge in [0.15, 0.2) is 18.1 Å². The number of methoxy groups -OCH3 is 1. The van der Waals surface area contributed by atoms with Crippen LogP contribution < -0.4 is 24.8 Å². The average Bonchev–Trinajstić information content (AvgIpc) is 2.89. The fourth-order valence-electron chi connectivity index (χ4n) is 3.30. The number of hydrogen-bond donors (Lipinski definition) is 2. The monoisotopic (exact) mass is 488 g/mol. The van der Waals surface area contributed by atoms with Crippen LogP contribution in [0.25, 0.3) is 0 Å². The van der Waals surface area contributed by atoms with E-state index in [2.05, 4.69) is 10.6 Å². The van der Waals surface area contributed by atoms with Crippen LogP contribution in [0.3, 0.4) is 0 Å². The normalized spacial score (nSPS) is 10.3. The summed E-state index contributed by atoms with van der Waals surface area (Å²) in [5.41, 5.74) is 2.50. The van der Waals surface area contributed by atoms with Crippen LogP contribution in [-0.2, 0) is 11.3 Å². The number of nitrogens with one attached hydrogen (secondary N) is 2. The van der Waals surface area contributed by atoms with Crippen molar-refractivity contribution in [3.05, 3.63) is 108 Å². The summed E-state index contributed by atoms with van der Waals surface area (Å²) in [4.78, 5) is 12.2. The molecule has 0 bridgehead atoms. The molecule has 0 radical (unpaired) electrons. The largest absolute Gasteiger partial charge is 0.493 e. The van der Waals surface area contributed by atoms with Crippen LogP contribution in [0, 0.1) is 0 Å². The Morgan fingerprint density at radius 3 is 2.29 bits per heavy atom. The molecule has 0 spiro atoms. The predicted molar refractivity (Wildman–Crippen MR) is 139 cm³/mol. The number of amides is 1. The van der Waals surface area contributed by atoms with Gasteiger partial charge in [0.25, 0.3) is 5.91 Å². The van der Waals surface area contributed by atoms with Crippen molar-refractivity contribution in [2.24, 2.45) is 0 Å². The molecular formula is C28H25ClN2O4. The number of carbonyl (C=O) groups is 1. The summed E-state index contributed by atoms with van der Waals surface area (Å²) >= 11 is 6.08. The van der Waals surface area contributed by atoms with Crippen LogP contribution in [0.5, 0.6) is 23.0 Å². The molecule has 0 aliphatic heterocycles. The molecule has 0 aliphatic rings. The lowest BCUT2D eigenvalue weighted by molar-refractivity contribution is -0.118. The summed E-state index contributed by atoms with van der Waals surface area (Å²) in [5, 5.41) is 6.57. The summed E-state index contributed by atoms with van der Waals surface area (Å²) in [6.07, 6.45) is 0. The second-order valence-corrected chi connectivity index (χ2v) is 8.00. The highest BCUT2D eigenvalue weighted by atomic mass is 35.5. The van der Waals surface area contributed by atoms with Gasteiger partial charge in [-0.15, -0.1) is 0 Å². The Hall–Kier alpha value is -4.16. The third-order valence-corrected chi connectivity index (χ3v) is 5.39. The predicted octanol–water partition coefficient (Wildman–Crippen LogP) is 6.77. The fourth-order valence-corrected chi connectivity index (χ4v) is 3.49. The van der Waals surface area contributed by atoms with Crippen LogP contribution >= 0.6 is 11.6 Å². The molecule has 4 aromatic rings. The van der Waals surface area contributed by atoms with Gasteiger partial charge in [0.1, 0.15) is 11.5 Å². The van der Waals surface area contributed by atoms with E-state index in [1.54, 1.807) is 37.4 Å². The maximum atomic E-state index is 12.2. The minimum absolute atomic E-state index is 0.170. The quantitative estimate of drug-likeness (QED) is 0.258. The molecule has 6 nitrogen and oxygen atoms in total. The fraction of sp³-hybridized carbons (Fsp3) is 0.107. The number of para-hydroxylation sites is 2. The van der Waals surface area contributed by atoms with Gasteiger partial charge in [0, 0.05) is 12.2 Å². The molecule has 0 atom stereocenters. The van der Waals surface area contributed by atoms with Crippen molar-refractivity contribution in [1.82, 2.24) is 0 Å². The van der Waals surface area contributed by atoms with Gasteiger partial charge in [0.05, 0.1) is 17.8 Å². The van der Waals surface area contributed by atoms with Crippen LogP contribution in [0.2, 0.25) is 5.02 Å². The van der Waals surface area contributed by atoms with E-state index in [-0.39, 0.29) is 12.5 Å². The maximum absolute atomic E-state index is 12.2. The molecule has 4 aromatic carbocycles. The molecular weight excluding hydrogens is 464 g/mol. The smallest absolute Gasteiger partial charge is 0.262 e. The van der Waals surface area contributed by atoms with Gasteiger partial charge < -0.3 is 24.8 Å². The maximum Gasteiger partial charge on any atom is 0.262 e. The van der Waals surface area contributed by atoms with E-state index >= 15 is 0 Å². The zero-order valence-corrected chi connectivity index (χ0v) is 19.9. The van der Waals surface area contributed by atoms with E-state index in [1.807, 2.05) is 66.7 Å². The number of rotatable bonds is 10. The SMILES string of the molecule is COc1cc(CNc2ccc(Oc3ccccc3)cc2)ccc1OCC(=O)Nc1ccccc1Cl. The highest BCUT2D eigenvalue weighted by Gasteiger charge is 2.10. The Bertz CT molecular complexity index is 1260. The standard InChI is InChI=1S/C28H25ClN2O4/c1-33-27-17-20(11-16-26(27)34-19-28(32)31-25-10-6-5-9-24(25)29)18-30-21-12-14-23(15-13-21)35-22-7-3-2-4-8-22/h2-17,30H,18-19H2,1H3,(H,31,32). The minimum atomic E-state index is -0.314. The third kappa shape index (κ3) is 6.91. The number of ether oxygens (including phenoxy) is 3. The first-order valence-electron chi connectivity index (χ1n) is 11.0. The number of halogens is 1. The minimum Gasteiger partial charge on any atom is -0.493 e. The lowest BCUT2D eigenvalue weighted by Crippen LogP contribution is -2.20. The Kier molecular flexibility index (Phi) is 8.09. The van der Waals surface area contributed by atoms with E-state index in [9.17, 15) is 4.79 Å². The zero-order valence-electron chi connectivity index (χ0n) is 19.2. The molecule has 0 saturated carbocycles. The van der Waals surface area contributed by atoms with Crippen molar-refractivity contribution in [1.29, 1.82) is 0 Å². The second kappa shape index (κ2) is 11.8. The van der Waals surface area contributed by atoms with Gasteiger partial charge in [-0.05, 0) is 66.2 Å². The second-order valence-electron chi connectivity index (χ2n) is 7.59. The third-order valence-electron chi connectivity index (χ3n) is 5.06. The van der Waals surface area contributed by atoms with Crippen molar-refractivity contribution in [3.8, 4) is 23.0 Å². The Morgan fingerprint density at radius 1 is 0.829 bits per heavy atom. The number of carbonyl (C=O) groups excluding carboxylic acids is 1. The lowest BCUT2D eigenvalue weighted by Gasteiger charge is -2.13. The van der Waals surface area contributed by atoms with Crippen LogP contribution in [0.15, 0.2) is 97.1 Å². The van der Waals surface area contributed by atoms with E-state index in [0.29, 0.717) is 28.8 Å². The van der Waals surface area contributed by atoms with Crippen molar-refractivity contribution in [2.75, 3.05) is 24.4 Å². The molecule has 0 aliphatic carbocycles. The molecule has 178 valence electrons. The molecule has 0 aromatic heterocycles. The molecule has 2 N–H and O–H groups in total. The Morgan fingerprint density at radius 2 is 1.54 bits per heavy atom. The first-order valence-corrected chi connectivity index (χ1v) is 11.4. The van der Waals surface area contributed by atoms with Gasteiger partial charge in [-0.1, -0.05) is 48.0 Å². The molecule has 0 unspecified atom stereocenters. The van der Waals surface area contributed by atoms with E-state index < -0.39 is 0 Å². The molecule has 0 fully saturated rings. The van der Waals surface area contributed by atoms with Gasteiger partial charge in [0.2, 0.25) is 0 Å². The molecule has 7 heteroatoms. The van der Waals surface area contributed by atoms with Crippen molar-refractivity contribution >= 4 is 28.9 Å². The van der Waals surface area contributed by atoms with E-state index in [4.69, 9.17) is 25.8 Å². The summed E-state index contributed by atoms with van der Waals surface area (Å²) in [7, 11) is 1.56. The highest BCUT2D eigenvalue weighted by molar-refractivity contribution is 6.33. The number of anilines is 2. The van der Waals surface area contributed by atoms with Crippen molar-refractivity contribution < 1.29 is 19.0 Å². The Balaban J connectivity index is 1.30. The molecule has 4 rings (SSSR count). The average molecular weight is 489 g/mol. The zero-order chi connectivity index (χ0) is 24.5. The van der Waals surface area contributed by atoms with Gasteiger partial charge >= 0.3 is 0 Å². The first kappa shape index (κ1) is 24.0. The van der Waals surface area contributed by atoms with Crippen molar-refractivity contribution in [3.63, 3.8) is 0 Å². The number of hydrogen-bond acceptors (Lipinski definition) is 5. The van der Waals surface area contributed by atoms with Crippen LogP contribution in [0.4, 0.5) is 11.4 Å². The van der Waals surface area contributed by atoms with Gasteiger partial charge in [-0.25, -0.2) is 0 Å². The molecule has 35 heavy (non-hydrogen) atoms. The Labute approximate surface area is 209 Å². The number of benzene rings is 4. The van der Waals surface area contributed by atoms with Crippen LogP contribution in [-0.4, -0.2) is 19.6 Å². The van der Waals surface area contributed by atoms with E-state index in [0.717, 1.165) is 22.7 Å². The topological polar surface area (TPSA) is 68.8 Å². The summed E-state index contributed by atoms with van der Waals surface area (Å²) < 4.78 is 17.0. The van der Waals surface area contributed by atoms with Crippen LogP contribution in [0.1, 0.15) is 5.56 Å². The first-order chi connectivity index (χ1) is 17.1. The van der Waals surface area contributed by atoms with Gasteiger partial charge in [-0.3, -0.25) is 4.79 Å². The van der Waals surface area contributed by atoms with E-state index in [1.165, 1.54) is 0 Å². The highest BCUT2D eigenvalue weighted by Crippen LogP contribution is 2.29. The summed E-state index contributed by atoms with van der Waals surface area (Å²) in [5.74, 6) is 2.27. The molecule has 0 heterocycles. The van der Waals surface area contributed by atoms with Gasteiger partial charge in [-0.2, -0.15) is 0 Å². The summed E-state index contributed by atoms with van der Waals surface area (Å²) in [6.45, 7) is 0.416. The summed E-state index contributed by atoms with van der Waals surface area (Å²) in [6, 6.07) is 30.0. The van der Waals surface area contributed by atoms with Crippen molar-refractivity contribution in [2.45, 2.75) is 6.54 Å². The molecule has 1 amide bonds.